The average molecular weight is 259 g/mol. The number of carbonyl (C=O) groups is 1. The molecule has 0 aliphatic rings. The van der Waals surface area contributed by atoms with Crippen LogP contribution in [0.15, 0.2) is 18.2 Å². The molecule has 0 unspecified atom stereocenters. The second-order valence-corrected chi connectivity index (χ2v) is 3.29. The van der Waals surface area contributed by atoms with Crippen molar-refractivity contribution < 1.29 is 26.7 Å². The van der Waals surface area contributed by atoms with E-state index in [4.69, 9.17) is 11.6 Å². The molecule has 0 heterocycles. The Kier molecular flexibility index (Phi) is 3.52. The van der Waals surface area contributed by atoms with Gasteiger partial charge in [-0.15, -0.1) is 0 Å². The van der Waals surface area contributed by atoms with Crippen molar-refractivity contribution in [2.24, 2.45) is 0 Å². The lowest BCUT2D eigenvalue weighted by Crippen LogP contribution is -2.17. The Bertz CT molecular complexity index is 413. The Hall–Kier alpha value is -1.17. The first-order valence-electron chi connectivity index (χ1n) is 3.92. The largest absolute Gasteiger partial charge is 0.417 e. The molecule has 1 aromatic rings. The van der Waals surface area contributed by atoms with Gasteiger partial charge >= 0.3 is 12.6 Å². The van der Waals surface area contributed by atoms with Gasteiger partial charge in [0.05, 0.1) is 5.56 Å². The van der Waals surface area contributed by atoms with Crippen molar-refractivity contribution in [1.82, 2.24) is 0 Å². The standard InChI is InChI=1S/C9H4ClF5O/c10-4-1-2-6(9(13,14)15)5(3-4)7(16)8(11)12/h1-3,8H. The van der Waals surface area contributed by atoms with Gasteiger partial charge in [0, 0.05) is 10.6 Å². The molecule has 0 amide bonds. The number of ketones is 1. The van der Waals surface area contributed by atoms with Gasteiger partial charge in [0.2, 0.25) is 5.78 Å². The van der Waals surface area contributed by atoms with Crippen LogP contribution in [0.4, 0.5) is 22.0 Å². The summed E-state index contributed by atoms with van der Waals surface area (Å²) in [6, 6.07) is 1.96. The highest BCUT2D eigenvalue weighted by molar-refractivity contribution is 6.31. The minimum Gasteiger partial charge on any atom is -0.288 e. The smallest absolute Gasteiger partial charge is 0.288 e. The van der Waals surface area contributed by atoms with Gasteiger partial charge in [-0.3, -0.25) is 4.79 Å². The third-order valence-corrected chi connectivity index (χ3v) is 1.99. The first kappa shape index (κ1) is 12.9. The van der Waals surface area contributed by atoms with Crippen molar-refractivity contribution in [3.63, 3.8) is 0 Å². The zero-order valence-corrected chi connectivity index (χ0v) is 8.24. The SMILES string of the molecule is O=C(c1cc(Cl)ccc1C(F)(F)F)C(F)F. The number of hydrogen-bond acceptors (Lipinski definition) is 1. The van der Waals surface area contributed by atoms with Crippen LogP contribution in [0.1, 0.15) is 15.9 Å². The second-order valence-electron chi connectivity index (χ2n) is 2.85. The Morgan fingerprint density at radius 3 is 2.25 bits per heavy atom. The van der Waals surface area contributed by atoms with Gasteiger partial charge in [0.25, 0.3) is 0 Å². The monoisotopic (exact) mass is 258 g/mol. The van der Waals surface area contributed by atoms with Crippen LogP contribution < -0.4 is 0 Å². The first-order chi connectivity index (χ1) is 7.23. The lowest BCUT2D eigenvalue weighted by atomic mass is 10.0. The summed E-state index contributed by atoms with van der Waals surface area (Å²) in [5.41, 5.74) is -2.53. The van der Waals surface area contributed by atoms with E-state index in [2.05, 4.69) is 0 Å². The minimum atomic E-state index is -4.87. The number of alkyl halides is 5. The molecule has 0 aromatic heterocycles. The fourth-order valence-corrected chi connectivity index (χ4v) is 1.26. The molecule has 7 heteroatoms. The highest BCUT2D eigenvalue weighted by Gasteiger charge is 2.36. The third-order valence-electron chi connectivity index (χ3n) is 1.75. The minimum absolute atomic E-state index is 0.211. The maximum atomic E-state index is 12.4. The maximum absolute atomic E-state index is 12.4. The molecule has 1 nitrogen and oxygen atoms in total. The van der Waals surface area contributed by atoms with Crippen LogP contribution in [0, 0.1) is 0 Å². The Morgan fingerprint density at radius 1 is 1.25 bits per heavy atom. The number of benzene rings is 1. The summed E-state index contributed by atoms with van der Waals surface area (Å²) in [5.74, 6) is -1.89. The molecule has 0 radical (unpaired) electrons. The molecule has 1 aromatic carbocycles. The second kappa shape index (κ2) is 4.37. The molecule has 0 N–H and O–H groups in total. The van der Waals surface area contributed by atoms with Crippen LogP contribution in [-0.2, 0) is 6.18 Å². The lowest BCUT2D eigenvalue weighted by molar-refractivity contribution is -0.138. The first-order valence-corrected chi connectivity index (χ1v) is 4.30. The molecule has 0 aliphatic carbocycles. The molecule has 1 rings (SSSR count). The topological polar surface area (TPSA) is 17.1 Å². The quantitative estimate of drug-likeness (QED) is 0.582. The van der Waals surface area contributed by atoms with Crippen molar-refractivity contribution >= 4 is 17.4 Å². The van der Waals surface area contributed by atoms with Crippen LogP contribution in [0.5, 0.6) is 0 Å². The van der Waals surface area contributed by atoms with E-state index in [-0.39, 0.29) is 5.02 Å². The summed E-state index contributed by atoms with van der Waals surface area (Å²) in [5, 5.41) is -0.211. The molecule has 0 saturated carbocycles. The van der Waals surface area contributed by atoms with Crippen LogP contribution >= 0.6 is 11.6 Å². The van der Waals surface area contributed by atoms with Gasteiger partial charge in [0.15, 0.2) is 0 Å². The highest BCUT2D eigenvalue weighted by atomic mass is 35.5. The van der Waals surface area contributed by atoms with E-state index in [0.29, 0.717) is 12.1 Å². The highest BCUT2D eigenvalue weighted by Crippen LogP contribution is 2.34. The Labute approximate surface area is 91.8 Å². The summed E-state index contributed by atoms with van der Waals surface area (Å²) in [4.78, 5) is 10.9. The molecular weight excluding hydrogens is 255 g/mol. The number of Topliss-reactive ketones (excluding diaryl/α,β-unsaturated/α-hetero) is 1. The summed E-state index contributed by atoms with van der Waals surface area (Å²) in [6.07, 6.45) is -8.37. The van der Waals surface area contributed by atoms with Crippen molar-refractivity contribution in [3.8, 4) is 0 Å². The normalized spacial score (nSPS) is 11.9. The van der Waals surface area contributed by atoms with E-state index in [0.717, 1.165) is 6.07 Å². The van der Waals surface area contributed by atoms with E-state index in [1.165, 1.54) is 0 Å². The van der Waals surface area contributed by atoms with Gasteiger partial charge in [-0.25, -0.2) is 8.78 Å². The average Bonchev–Trinajstić information content (AvgIpc) is 2.14. The van der Waals surface area contributed by atoms with Crippen molar-refractivity contribution in [2.45, 2.75) is 12.6 Å². The van der Waals surface area contributed by atoms with Crippen molar-refractivity contribution in [2.75, 3.05) is 0 Å². The number of halogens is 6. The van der Waals surface area contributed by atoms with E-state index in [9.17, 15) is 26.7 Å². The van der Waals surface area contributed by atoms with Crippen LogP contribution in [-0.4, -0.2) is 12.2 Å². The summed E-state index contributed by atoms with van der Waals surface area (Å²) in [7, 11) is 0. The van der Waals surface area contributed by atoms with E-state index < -0.39 is 29.5 Å². The fraction of sp³-hybridized carbons (Fsp3) is 0.222. The molecule has 0 bridgehead atoms. The molecular formula is C9H4ClF5O. The fourth-order valence-electron chi connectivity index (χ4n) is 1.09. The number of carbonyl (C=O) groups excluding carboxylic acids is 1. The van der Waals surface area contributed by atoms with Gasteiger partial charge in [-0.2, -0.15) is 13.2 Å². The van der Waals surface area contributed by atoms with E-state index in [1.54, 1.807) is 0 Å². The third kappa shape index (κ3) is 2.69. The molecule has 88 valence electrons. The number of rotatable bonds is 2. The molecule has 0 atom stereocenters. The molecule has 16 heavy (non-hydrogen) atoms. The van der Waals surface area contributed by atoms with Gasteiger partial charge < -0.3 is 0 Å². The van der Waals surface area contributed by atoms with E-state index >= 15 is 0 Å². The molecule has 0 aliphatic heterocycles. The zero-order valence-electron chi connectivity index (χ0n) is 7.49. The van der Waals surface area contributed by atoms with Gasteiger partial charge in [-0.1, -0.05) is 11.6 Å². The van der Waals surface area contributed by atoms with Gasteiger partial charge in [-0.05, 0) is 18.2 Å². The Morgan fingerprint density at radius 2 is 1.81 bits per heavy atom. The number of hydrogen-bond donors (Lipinski definition) is 0. The van der Waals surface area contributed by atoms with E-state index in [1.807, 2.05) is 0 Å². The predicted molar refractivity (Wildman–Crippen MR) is 46.8 cm³/mol. The zero-order chi connectivity index (χ0) is 12.5. The summed E-state index contributed by atoms with van der Waals surface area (Å²) >= 11 is 5.35. The molecule has 0 fully saturated rings. The maximum Gasteiger partial charge on any atom is 0.417 e. The van der Waals surface area contributed by atoms with Crippen LogP contribution in [0.2, 0.25) is 5.02 Å². The summed E-state index contributed by atoms with van der Waals surface area (Å²) < 4.78 is 61.2. The van der Waals surface area contributed by atoms with Crippen molar-refractivity contribution in [1.29, 1.82) is 0 Å². The Balaban J connectivity index is 3.35. The molecule has 0 spiro atoms. The van der Waals surface area contributed by atoms with Crippen LogP contribution in [0.3, 0.4) is 0 Å². The predicted octanol–water partition coefficient (Wildman–Crippen LogP) is 3.81. The van der Waals surface area contributed by atoms with Crippen LogP contribution in [0.25, 0.3) is 0 Å². The summed E-state index contributed by atoms with van der Waals surface area (Å²) in [6.45, 7) is 0. The molecule has 0 saturated heterocycles. The van der Waals surface area contributed by atoms with Gasteiger partial charge in [0.1, 0.15) is 0 Å². The lowest BCUT2D eigenvalue weighted by Gasteiger charge is -2.11. The van der Waals surface area contributed by atoms with Crippen molar-refractivity contribution in [3.05, 3.63) is 34.3 Å².